The smallest absolute Gasteiger partial charge is 0.133 e. The number of ether oxygens (including phenoxy) is 1. The number of rotatable bonds is 7. The first-order valence-corrected chi connectivity index (χ1v) is 10.7. The summed E-state index contributed by atoms with van der Waals surface area (Å²) in [5.41, 5.74) is 3.35. The van der Waals surface area contributed by atoms with Gasteiger partial charge in [0, 0.05) is 42.0 Å². The van der Waals surface area contributed by atoms with Gasteiger partial charge in [-0.05, 0) is 42.0 Å². The lowest BCUT2D eigenvalue weighted by atomic mass is 10.1. The highest BCUT2D eigenvalue weighted by Crippen LogP contribution is 2.28. The maximum atomic E-state index is 8.72. The van der Waals surface area contributed by atoms with Crippen molar-refractivity contribution in [2.75, 3.05) is 43.1 Å². The van der Waals surface area contributed by atoms with Crippen LogP contribution in [0.4, 0.5) is 11.4 Å². The lowest BCUT2D eigenvalue weighted by Gasteiger charge is -2.28. The van der Waals surface area contributed by atoms with Crippen LogP contribution in [0.3, 0.4) is 0 Å². The minimum absolute atomic E-state index is 0.288. The molecule has 0 spiro atoms. The van der Waals surface area contributed by atoms with Gasteiger partial charge in [-0.25, -0.2) is 9.97 Å². The molecule has 0 radical (unpaired) electrons. The van der Waals surface area contributed by atoms with Crippen LogP contribution in [0.1, 0.15) is 11.4 Å². The molecule has 4 rings (SSSR count). The first-order valence-electron chi connectivity index (χ1n) is 9.92. The molecular weight excluding hydrogens is 394 g/mol. The Hall–Kier alpha value is -3.08. The molecule has 152 valence electrons. The van der Waals surface area contributed by atoms with Crippen molar-refractivity contribution in [2.24, 2.45) is 0 Å². The molecule has 1 fully saturated rings. The fraction of sp³-hybridized carbons (Fsp3) is 0.261. The molecule has 0 saturated carbocycles. The van der Waals surface area contributed by atoms with E-state index in [0.29, 0.717) is 6.42 Å². The predicted octanol–water partition coefficient (Wildman–Crippen LogP) is 3.99. The second-order valence-corrected chi connectivity index (χ2v) is 7.99. The number of benzene rings is 2. The van der Waals surface area contributed by atoms with Gasteiger partial charge in [-0.15, -0.1) is 0 Å². The van der Waals surface area contributed by atoms with Crippen LogP contribution < -0.4 is 10.2 Å². The van der Waals surface area contributed by atoms with Crippen molar-refractivity contribution in [1.29, 1.82) is 5.26 Å². The molecule has 0 aliphatic carbocycles. The summed E-state index contributed by atoms with van der Waals surface area (Å²) in [5.74, 6) is 0.804. The monoisotopic (exact) mass is 417 g/mol. The molecular formula is C23H23N5OS. The average Bonchev–Trinajstić information content (AvgIpc) is 2.79. The fourth-order valence-corrected chi connectivity index (χ4v) is 4.14. The Labute approximate surface area is 180 Å². The van der Waals surface area contributed by atoms with E-state index in [9.17, 15) is 0 Å². The fourth-order valence-electron chi connectivity index (χ4n) is 3.28. The molecule has 1 aliphatic heterocycles. The second kappa shape index (κ2) is 10.1. The van der Waals surface area contributed by atoms with Gasteiger partial charge >= 0.3 is 0 Å². The largest absolute Gasteiger partial charge is 0.378 e. The number of nitrogens with zero attached hydrogens (tertiary/aromatic N) is 4. The van der Waals surface area contributed by atoms with E-state index in [1.54, 1.807) is 11.8 Å². The van der Waals surface area contributed by atoms with Gasteiger partial charge in [0.25, 0.3) is 0 Å². The first kappa shape index (κ1) is 20.2. The molecule has 0 bridgehead atoms. The van der Waals surface area contributed by atoms with Crippen molar-refractivity contribution in [3.8, 4) is 6.07 Å². The van der Waals surface area contributed by atoms with Gasteiger partial charge in [0.2, 0.25) is 0 Å². The maximum absolute atomic E-state index is 8.72. The van der Waals surface area contributed by atoms with E-state index in [2.05, 4.69) is 45.5 Å². The molecule has 0 atom stereocenters. The van der Waals surface area contributed by atoms with Gasteiger partial charge < -0.3 is 15.0 Å². The lowest BCUT2D eigenvalue weighted by molar-refractivity contribution is 0.122. The van der Waals surface area contributed by atoms with E-state index < -0.39 is 0 Å². The summed E-state index contributed by atoms with van der Waals surface area (Å²) < 4.78 is 5.42. The molecule has 1 aliphatic rings. The molecule has 0 unspecified atom stereocenters. The summed E-state index contributed by atoms with van der Waals surface area (Å²) in [7, 11) is 0. The van der Waals surface area contributed by atoms with E-state index >= 15 is 0 Å². The van der Waals surface area contributed by atoms with Gasteiger partial charge in [-0.3, -0.25) is 0 Å². The number of hydrogen-bond donors (Lipinski definition) is 1. The Kier molecular flexibility index (Phi) is 6.80. The number of nitrogens with one attached hydrogen (secondary N) is 1. The SMILES string of the molecule is N#CCNc1cccc(Sc2ccnc(Cc3ccc(N4CCOCC4)cc3)n2)c1. The third-order valence-corrected chi connectivity index (χ3v) is 5.71. The van der Waals surface area contributed by atoms with Crippen molar-refractivity contribution in [3.05, 3.63) is 72.2 Å². The van der Waals surface area contributed by atoms with E-state index in [-0.39, 0.29) is 6.54 Å². The van der Waals surface area contributed by atoms with Crippen LogP contribution in [0.15, 0.2) is 70.7 Å². The first-order chi connectivity index (χ1) is 14.8. The second-order valence-electron chi connectivity index (χ2n) is 6.90. The molecule has 2 aromatic carbocycles. The van der Waals surface area contributed by atoms with Crippen LogP contribution in [0.5, 0.6) is 0 Å². The molecule has 0 amide bonds. The normalized spacial score (nSPS) is 13.6. The Balaban J connectivity index is 1.40. The predicted molar refractivity (Wildman–Crippen MR) is 119 cm³/mol. The summed E-state index contributed by atoms with van der Waals surface area (Å²) in [6.07, 6.45) is 2.51. The van der Waals surface area contributed by atoms with Gasteiger partial charge in [-0.1, -0.05) is 30.0 Å². The van der Waals surface area contributed by atoms with E-state index in [1.165, 1.54) is 11.3 Å². The van der Waals surface area contributed by atoms with Crippen LogP contribution >= 0.6 is 11.8 Å². The van der Waals surface area contributed by atoms with E-state index in [4.69, 9.17) is 15.0 Å². The summed E-state index contributed by atoms with van der Waals surface area (Å²) >= 11 is 1.59. The Morgan fingerprint density at radius 1 is 1.10 bits per heavy atom. The highest BCUT2D eigenvalue weighted by molar-refractivity contribution is 7.99. The van der Waals surface area contributed by atoms with Gasteiger partial charge in [0.1, 0.15) is 17.4 Å². The lowest BCUT2D eigenvalue weighted by Crippen LogP contribution is -2.36. The summed E-state index contributed by atoms with van der Waals surface area (Å²) in [5, 5.41) is 12.7. The summed E-state index contributed by atoms with van der Waals surface area (Å²) in [4.78, 5) is 12.6. The van der Waals surface area contributed by atoms with Crippen LogP contribution in [0.2, 0.25) is 0 Å². The van der Waals surface area contributed by atoms with Crippen molar-refractivity contribution in [2.45, 2.75) is 16.3 Å². The van der Waals surface area contributed by atoms with Crippen LogP contribution in [0.25, 0.3) is 0 Å². The Bertz CT molecular complexity index is 1010. The molecule has 7 heteroatoms. The zero-order chi connectivity index (χ0) is 20.6. The third kappa shape index (κ3) is 5.50. The van der Waals surface area contributed by atoms with E-state index in [0.717, 1.165) is 47.7 Å². The van der Waals surface area contributed by atoms with Crippen molar-refractivity contribution in [1.82, 2.24) is 9.97 Å². The highest BCUT2D eigenvalue weighted by Gasteiger charge is 2.11. The van der Waals surface area contributed by atoms with Crippen molar-refractivity contribution in [3.63, 3.8) is 0 Å². The average molecular weight is 418 g/mol. The van der Waals surface area contributed by atoms with Crippen LogP contribution in [0, 0.1) is 11.3 Å². The van der Waals surface area contributed by atoms with E-state index in [1.807, 2.05) is 36.5 Å². The van der Waals surface area contributed by atoms with Crippen molar-refractivity contribution >= 4 is 23.1 Å². The Morgan fingerprint density at radius 2 is 1.93 bits per heavy atom. The van der Waals surface area contributed by atoms with Crippen LogP contribution in [-0.4, -0.2) is 42.8 Å². The number of morpholine rings is 1. The van der Waals surface area contributed by atoms with Gasteiger partial charge in [-0.2, -0.15) is 5.26 Å². The molecule has 30 heavy (non-hydrogen) atoms. The minimum atomic E-state index is 0.288. The molecule has 6 nitrogen and oxygen atoms in total. The zero-order valence-corrected chi connectivity index (χ0v) is 17.4. The van der Waals surface area contributed by atoms with Crippen LogP contribution in [-0.2, 0) is 11.2 Å². The number of hydrogen-bond acceptors (Lipinski definition) is 7. The maximum Gasteiger partial charge on any atom is 0.133 e. The molecule has 2 heterocycles. The highest BCUT2D eigenvalue weighted by atomic mass is 32.2. The molecule has 1 saturated heterocycles. The quantitative estimate of drug-likeness (QED) is 0.460. The zero-order valence-electron chi connectivity index (χ0n) is 16.6. The third-order valence-electron chi connectivity index (χ3n) is 4.78. The molecule has 1 aromatic heterocycles. The minimum Gasteiger partial charge on any atom is -0.378 e. The summed E-state index contributed by atoms with van der Waals surface area (Å²) in [6, 6.07) is 20.6. The van der Waals surface area contributed by atoms with Gasteiger partial charge in [0.05, 0.1) is 19.3 Å². The molecule has 1 N–H and O–H groups in total. The number of anilines is 2. The number of aromatic nitrogens is 2. The number of nitriles is 1. The topological polar surface area (TPSA) is 74.1 Å². The summed E-state index contributed by atoms with van der Waals surface area (Å²) in [6.45, 7) is 3.74. The molecule has 3 aromatic rings. The van der Waals surface area contributed by atoms with Crippen molar-refractivity contribution < 1.29 is 4.74 Å². The standard InChI is InChI=1S/C23H23N5OS/c24-9-11-25-19-2-1-3-21(17-19)30-23-8-10-26-22(27-23)16-18-4-6-20(7-5-18)28-12-14-29-15-13-28/h1-8,10,17,25H,11-16H2. The van der Waals surface area contributed by atoms with Gasteiger partial charge in [0.15, 0.2) is 0 Å². The Morgan fingerprint density at radius 3 is 2.73 bits per heavy atom.